The van der Waals surface area contributed by atoms with Gasteiger partial charge in [0.05, 0.1) is 26.0 Å². The van der Waals surface area contributed by atoms with E-state index < -0.39 is 11.6 Å². The van der Waals surface area contributed by atoms with Gasteiger partial charge < -0.3 is 24.1 Å². The van der Waals surface area contributed by atoms with Crippen LogP contribution in [0.15, 0.2) is 65.3 Å². The highest BCUT2D eigenvalue weighted by Gasteiger charge is 2.36. The van der Waals surface area contributed by atoms with Crippen LogP contribution < -0.4 is 14.8 Å². The average Bonchev–Trinajstić information content (AvgIpc) is 3.61. The third-order valence-corrected chi connectivity index (χ3v) is 6.83. The van der Waals surface area contributed by atoms with E-state index in [1.54, 1.807) is 35.9 Å². The number of ether oxygens (including phenoxy) is 2. The molecule has 0 fully saturated rings. The van der Waals surface area contributed by atoms with Crippen molar-refractivity contribution in [1.29, 1.82) is 0 Å². The molecule has 10 heteroatoms. The highest BCUT2D eigenvalue weighted by molar-refractivity contribution is 5.89. The highest BCUT2D eigenvalue weighted by atomic mass is 16.5. The number of hydrogen-bond acceptors (Lipinski definition) is 7. The molecule has 2 amide bonds. The van der Waals surface area contributed by atoms with Gasteiger partial charge in [-0.15, -0.1) is 5.10 Å². The van der Waals surface area contributed by atoms with Gasteiger partial charge in [-0.2, -0.15) is 0 Å². The zero-order valence-electron chi connectivity index (χ0n) is 23.0. The molecule has 1 atom stereocenters. The second kappa shape index (κ2) is 12.0. The number of aromatic nitrogens is 3. The minimum atomic E-state index is -0.978. The van der Waals surface area contributed by atoms with Crippen LogP contribution in [0.5, 0.6) is 11.5 Å². The van der Waals surface area contributed by atoms with Crippen LogP contribution in [0.2, 0.25) is 0 Å². The van der Waals surface area contributed by atoms with E-state index in [-0.39, 0.29) is 24.9 Å². The third kappa shape index (κ3) is 6.39. The topological polar surface area (TPSA) is 112 Å². The Morgan fingerprint density at radius 3 is 2.54 bits per heavy atom. The lowest BCUT2D eigenvalue weighted by Gasteiger charge is -2.33. The summed E-state index contributed by atoms with van der Waals surface area (Å²) in [4.78, 5) is 29.2. The number of para-hydroxylation sites is 1. The summed E-state index contributed by atoms with van der Waals surface area (Å²) < 4.78 is 18.0. The average molecular weight is 534 g/mol. The minimum absolute atomic E-state index is 0.0892. The lowest BCUT2D eigenvalue weighted by molar-refractivity contribution is -0.142. The molecule has 39 heavy (non-hydrogen) atoms. The van der Waals surface area contributed by atoms with Crippen molar-refractivity contribution >= 4 is 22.8 Å². The number of nitrogens with zero attached hydrogens (tertiary/aromatic N) is 4. The molecule has 2 aromatic heterocycles. The Morgan fingerprint density at radius 1 is 1.08 bits per heavy atom. The summed E-state index contributed by atoms with van der Waals surface area (Å²) in [5, 5.41) is 11.4. The molecule has 0 aliphatic heterocycles. The molecule has 206 valence electrons. The van der Waals surface area contributed by atoms with Crippen molar-refractivity contribution in [2.75, 3.05) is 20.8 Å². The molecule has 10 nitrogen and oxygen atoms in total. The van der Waals surface area contributed by atoms with Crippen molar-refractivity contribution in [2.45, 2.75) is 51.7 Å². The molecule has 0 saturated carbocycles. The van der Waals surface area contributed by atoms with Crippen LogP contribution in [0, 0.1) is 0 Å². The molecule has 4 rings (SSSR count). The molecule has 0 saturated heterocycles. The van der Waals surface area contributed by atoms with Crippen molar-refractivity contribution in [3.05, 3.63) is 72.2 Å². The number of rotatable bonds is 12. The van der Waals surface area contributed by atoms with E-state index in [1.165, 1.54) is 6.26 Å². The largest absolute Gasteiger partial charge is 0.493 e. The molecule has 0 aliphatic rings. The number of fused-ring (bicyclic) bond motifs is 1. The van der Waals surface area contributed by atoms with Gasteiger partial charge in [0.1, 0.15) is 17.8 Å². The Kier molecular flexibility index (Phi) is 8.53. The predicted molar refractivity (Wildman–Crippen MR) is 146 cm³/mol. The zero-order chi connectivity index (χ0) is 28.0. The number of benzene rings is 2. The van der Waals surface area contributed by atoms with Crippen molar-refractivity contribution in [3.8, 4) is 11.5 Å². The molecule has 0 bridgehead atoms. The summed E-state index contributed by atoms with van der Waals surface area (Å²) in [5.41, 5.74) is 1.87. The minimum Gasteiger partial charge on any atom is -0.493 e. The lowest BCUT2D eigenvalue weighted by atomic mass is 10.0. The van der Waals surface area contributed by atoms with E-state index in [1.807, 2.05) is 63.2 Å². The second-order valence-electron chi connectivity index (χ2n) is 9.91. The maximum Gasteiger partial charge on any atom is 0.251 e. The van der Waals surface area contributed by atoms with Crippen LogP contribution in [0.4, 0.5) is 0 Å². The van der Waals surface area contributed by atoms with Gasteiger partial charge in [-0.25, -0.2) is 4.68 Å². The predicted octanol–water partition coefficient (Wildman–Crippen LogP) is 4.16. The summed E-state index contributed by atoms with van der Waals surface area (Å²) in [7, 11) is 3.16. The molecule has 0 radical (unpaired) electrons. The first-order valence-corrected chi connectivity index (χ1v) is 12.9. The lowest BCUT2D eigenvalue weighted by Crippen LogP contribution is -2.51. The number of amides is 2. The Labute approximate surface area is 227 Å². The van der Waals surface area contributed by atoms with Gasteiger partial charge in [0.15, 0.2) is 17.5 Å². The van der Waals surface area contributed by atoms with E-state index in [0.29, 0.717) is 35.6 Å². The summed E-state index contributed by atoms with van der Waals surface area (Å²) in [5.74, 6) is 0.968. The van der Waals surface area contributed by atoms with Crippen molar-refractivity contribution in [3.63, 3.8) is 0 Å². The van der Waals surface area contributed by atoms with E-state index in [4.69, 9.17) is 13.9 Å². The van der Waals surface area contributed by atoms with Crippen LogP contribution in [0.25, 0.3) is 11.0 Å². The van der Waals surface area contributed by atoms with Gasteiger partial charge in [-0.3, -0.25) is 9.59 Å². The second-order valence-corrected chi connectivity index (χ2v) is 9.91. The van der Waals surface area contributed by atoms with Crippen molar-refractivity contribution < 1.29 is 23.5 Å². The first-order valence-electron chi connectivity index (χ1n) is 12.9. The van der Waals surface area contributed by atoms with Gasteiger partial charge in [-0.05, 0) is 68.7 Å². The number of nitrogens with one attached hydrogen (secondary N) is 1. The number of furan rings is 1. The molecule has 0 unspecified atom stereocenters. The maximum atomic E-state index is 13.9. The van der Waals surface area contributed by atoms with Crippen LogP contribution in [0.1, 0.15) is 44.6 Å². The van der Waals surface area contributed by atoms with Crippen molar-refractivity contribution in [2.24, 2.45) is 0 Å². The highest BCUT2D eigenvalue weighted by Crippen LogP contribution is 2.29. The maximum absolute atomic E-state index is 13.9. The van der Waals surface area contributed by atoms with Gasteiger partial charge in [0.25, 0.3) is 5.91 Å². The molecule has 0 aliphatic carbocycles. The van der Waals surface area contributed by atoms with Gasteiger partial charge in [0.2, 0.25) is 5.91 Å². The molecular formula is C29H35N5O5. The Morgan fingerprint density at radius 2 is 1.85 bits per heavy atom. The summed E-state index contributed by atoms with van der Waals surface area (Å²) in [6, 6.07) is 15.5. The number of methoxy groups -OCH3 is 2. The monoisotopic (exact) mass is 533 g/mol. The van der Waals surface area contributed by atoms with E-state index >= 15 is 0 Å². The third-order valence-electron chi connectivity index (χ3n) is 6.83. The standard InChI is InChI=1S/C29H35N5O5/c1-6-29(2,3)30-28(36)27(24-12-9-17-39-24)33(16-15-20-13-14-23(37-4)25(18-20)38-5)26(35)19-34-22-11-8-7-10-21(22)31-32-34/h7-14,17-18,27H,6,15-16,19H2,1-5H3,(H,30,36)/t27-/m0/s1. The normalized spacial score (nSPS) is 12.2. The zero-order valence-corrected chi connectivity index (χ0v) is 23.0. The molecule has 2 aromatic carbocycles. The molecule has 2 heterocycles. The Balaban J connectivity index is 1.68. The Hall–Kier alpha value is -4.34. The first-order chi connectivity index (χ1) is 18.8. The molecule has 0 spiro atoms. The van der Waals surface area contributed by atoms with Crippen molar-refractivity contribution in [1.82, 2.24) is 25.2 Å². The van der Waals surface area contributed by atoms with Gasteiger partial charge >= 0.3 is 0 Å². The van der Waals surface area contributed by atoms with Gasteiger partial charge in [0, 0.05) is 12.1 Å². The van der Waals surface area contributed by atoms with E-state index in [9.17, 15) is 9.59 Å². The van der Waals surface area contributed by atoms with E-state index in [0.717, 1.165) is 11.1 Å². The SMILES string of the molecule is CCC(C)(C)NC(=O)[C@H](c1ccco1)N(CCc1ccc(OC)c(OC)c1)C(=O)Cn1nnc2ccccc21. The molecular weight excluding hydrogens is 498 g/mol. The fourth-order valence-electron chi connectivity index (χ4n) is 4.30. The fraction of sp³-hybridized carbons (Fsp3) is 0.379. The molecule has 1 N–H and O–H groups in total. The summed E-state index contributed by atoms with van der Waals surface area (Å²) in [6.07, 6.45) is 2.68. The fourth-order valence-corrected chi connectivity index (χ4v) is 4.30. The van der Waals surface area contributed by atoms with Crippen LogP contribution in [-0.4, -0.2) is 58.0 Å². The number of hydrogen-bond donors (Lipinski definition) is 1. The van der Waals surface area contributed by atoms with Crippen LogP contribution in [0.3, 0.4) is 0 Å². The summed E-state index contributed by atoms with van der Waals surface area (Å²) in [6.45, 7) is 6.04. The smallest absolute Gasteiger partial charge is 0.251 e. The summed E-state index contributed by atoms with van der Waals surface area (Å²) >= 11 is 0. The van der Waals surface area contributed by atoms with Crippen LogP contribution >= 0.6 is 0 Å². The van der Waals surface area contributed by atoms with Crippen LogP contribution in [-0.2, 0) is 22.6 Å². The molecule has 4 aromatic rings. The Bertz CT molecular complexity index is 1410. The van der Waals surface area contributed by atoms with E-state index in [2.05, 4.69) is 15.6 Å². The van der Waals surface area contributed by atoms with Gasteiger partial charge in [-0.1, -0.05) is 30.3 Å². The quantitative estimate of drug-likeness (QED) is 0.291. The number of carbonyl (C=O) groups is 2. The number of carbonyl (C=O) groups excluding carboxylic acids is 2. The first kappa shape index (κ1) is 27.7.